The van der Waals surface area contributed by atoms with Crippen LogP contribution in [0.25, 0.3) is 0 Å². The predicted molar refractivity (Wildman–Crippen MR) is 36.8 cm³/mol. The summed E-state index contributed by atoms with van der Waals surface area (Å²) in [5.41, 5.74) is 0. The van der Waals surface area contributed by atoms with Gasteiger partial charge in [-0.05, 0) is 6.42 Å². The summed E-state index contributed by atoms with van der Waals surface area (Å²) in [6, 6.07) is -2.40. The highest BCUT2D eigenvalue weighted by Crippen LogP contribution is 2.38. The first-order valence-electron chi connectivity index (χ1n) is 4.03. The number of hydrogen-bond acceptors (Lipinski definition) is 1. The second kappa shape index (κ2) is 3.57. The Morgan fingerprint density at radius 2 is 1.60 bits per heavy atom. The Hall–Kier alpha value is -0.950. The van der Waals surface area contributed by atoms with Gasteiger partial charge < -0.3 is 5.32 Å². The summed E-state index contributed by atoms with van der Waals surface area (Å²) in [6.45, 7) is 0. The van der Waals surface area contributed by atoms with Gasteiger partial charge in [0, 0.05) is 6.42 Å². The lowest BCUT2D eigenvalue weighted by molar-refractivity contribution is -0.210. The van der Waals surface area contributed by atoms with E-state index in [1.807, 2.05) is 0 Å². The van der Waals surface area contributed by atoms with Gasteiger partial charge in [0.05, 0.1) is 5.92 Å². The van der Waals surface area contributed by atoms with E-state index in [-0.39, 0.29) is 0 Å². The van der Waals surface area contributed by atoms with E-state index >= 15 is 0 Å². The number of amides is 1. The predicted octanol–water partition coefficient (Wildman–Crippen LogP) is 2.01. The van der Waals surface area contributed by atoms with Crippen LogP contribution in [0.5, 0.6) is 0 Å². The Bertz CT molecular complexity index is 233. The van der Waals surface area contributed by atoms with E-state index < -0.39 is 43.1 Å². The fourth-order valence-corrected chi connectivity index (χ4v) is 1.37. The topological polar surface area (TPSA) is 29.1 Å². The van der Waals surface area contributed by atoms with Gasteiger partial charge in [-0.15, -0.1) is 0 Å². The van der Waals surface area contributed by atoms with E-state index in [2.05, 4.69) is 0 Å². The van der Waals surface area contributed by atoms with Gasteiger partial charge in [0.1, 0.15) is 6.04 Å². The Morgan fingerprint density at radius 1 is 1.07 bits per heavy atom. The van der Waals surface area contributed by atoms with Gasteiger partial charge in [-0.25, -0.2) is 0 Å². The van der Waals surface area contributed by atoms with Gasteiger partial charge >= 0.3 is 12.4 Å². The van der Waals surface area contributed by atoms with Crippen LogP contribution in [0.2, 0.25) is 0 Å². The molecule has 1 fully saturated rings. The van der Waals surface area contributed by atoms with Crippen LogP contribution in [-0.2, 0) is 4.79 Å². The molecule has 1 aliphatic rings. The van der Waals surface area contributed by atoms with Crippen molar-refractivity contribution in [3.05, 3.63) is 0 Å². The quantitative estimate of drug-likeness (QED) is 0.639. The Balaban J connectivity index is 2.77. The van der Waals surface area contributed by atoms with Crippen LogP contribution in [0.3, 0.4) is 0 Å². The summed E-state index contributed by atoms with van der Waals surface area (Å²) >= 11 is 0. The average Bonchev–Trinajstić information content (AvgIpc) is 1.99. The third-order valence-electron chi connectivity index (χ3n) is 2.15. The minimum absolute atomic E-state index is 0.934. The molecule has 0 radical (unpaired) electrons. The van der Waals surface area contributed by atoms with Gasteiger partial charge in [0.25, 0.3) is 0 Å². The van der Waals surface area contributed by atoms with Crippen LogP contribution in [0, 0.1) is 5.92 Å². The molecule has 0 aliphatic carbocycles. The van der Waals surface area contributed by atoms with E-state index in [1.165, 1.54) is 5.32 Å². The summed E-state index contributed by atoms with van der Waals surface area (Å²) in [6.07, 6.45) is -11.7. The monoisotopic (exact) mass is 235 g/mol. The van der Waals surface area contributed by atoms with Gasteiger partial charge in [-0.3, -0.25) is 4.79 Å². The molecule has 1 N–H and O–H groups in total. The van der Waals surface area contributed by atoms with Crippen molar-refractivity contribution >= 4 is 5.91 Å². The van der Waals surface area contributed by atoms with Crippen molar-refractivity contribution in [3.63, 3.8) is 0 Å². The molecule has 8 heteroatoms. The lowest BCUT2D eigenvalue weighted by Gasteiger charge is -2.32. The largest absolute Gasteiger partial charge is 0.408 e. The first-order chi connectivity index (χ1) is 6.60. The maximum atomic E-state index is 12.1. The maximum Gasteiger partial charge on any atom is 0.408 e. The van der Waals surface area contributed by atoms with Crippen molar-refractivity contribution in [1.29, 1.82) is 0 Å². The Morgan fingerprint density at radius 3 is 2.00 bits per heavy atom. The molecule has 0 aromatic rings. The van der Waals surface area contributed by atoms with Crippen molar-refractivity contribution in [2.75, 3.05) is 0 Å². The molecule has 0 aromatic carbocycles. The minimum Gasteiger partial charge on any atom is -0.344 e. The summed E-state index contributed by atoms with van der Waals surface area (Å²) in [5.74, 6) is -3.43. The number of piperidine rings is 1. The third kappa shape index (κ3) is 3.00. The lowest BCUT2D eigenvalue weighted by atomic mass is 9.91. The summed E-state index contributed by atoms with van der Waals surface area (Å²) in [5, 5.41) is 1.49. The molecule has 1 saturated heterocycles. The van der Waals surface area contributed by atoms with Crippen LogP contribution in [0.4, 0.5) is 26.3 Å². The molecule has 0 bridgehead atoms. The molecule has 15 heavy (non-hydrogen) atoms. The molecule has 88 valence electrons. The minimum atomic E-state index is -4.83. The zero-order valence-electron chi connectivity index (χ0n) is 7.24. The fraction of sp³-hybridized carbons (Fsp3) is 0.857. The number of alkyl halides is 6. The number of halogens is 6. The van der Waals surface area contributed by atoms with Crippen molar-refractivity contribution in [3.8, 4) is 0 Å². The maximum absolute atomic E-state index is 12.1. The molecule has 0 spiro atoms. The number of carbonyl (C=O) groups is 1. The van der Waals surface area contributed by atoms with Crippen molar-refractivity contribution < 1.29 is 31.1 Å². The smallest absolute Gasteiger partial charge is 0.344 e. The fourth-order valence-electron chi connectivity index (χ4n) is 1.37. The SMILES string of the molecule is O=C1CC(C(F)(F)F)CC(C(F)(F)F)N1. The standard InChI is InChI=1S/C7H7F6NO/c8-6(9,10)3-1-4(7(11,12)13)14-5(15)2-3/h3-4H,1-2H2,(H,14,15). The lowest BCUT2D eigenvalue weighted by Crippen LogP contribution is -2.52. The highest BCUT2D eigenvalue weighted by Gasteiger charge is 2.51. The van der Waals surface area contributed by atoms with Crippen LogP contribution < -0.4 is 5.32 Å². The Kier molecular flexibility index (Phi) is 2.88. The van der Waals surface area contributed by atoms with Crippen molar-refractivity contribution in [1.82, 2.24) is 5.32 Å². The molecule has 1 rings (SSSR count). The molecule has 2 nitrogen and oxygen atoms in total. The molecule has 1 aliphatic heterocycles. The summed E-state index contributed by atoms with van der Waals surface area (Å²) in [4.78, 5) is 10.7. The summed E-state index contributed by atoms with van der Waals surface area (Å²) < 4.78 is 72.7. The molecule has 2 unspecified atom stereocenters. The number of carbonyl (C=O) groups excluding carboxylic acids is 1. The first-order valence-corrected chi connectivity index (χ1v) is 4.03. The van der Waals surface area contributed by atoms with Gasteiger partial charge in [0.15, 0.2) is 0 Å². The van der Waals surface area contributed by atoms with Gasteiger partial charge in [-0.2, -0.15) is 26.3 Å². The van der Waals surface area contributed by atoms with Gasteiger partial charge in [0.2, 0.25) is 5.91 Å². The van der Waals surface area contributed by atoms with Crippen molar-refractivity contribution in [2.24, 2.45) is 5.92 Å². The number of rotatable bonds is 0. The van der Waals surface area contributed by atoms with Gasteiger partial charge in [-0.1, -0.05) is 0 Å². The molecule has 0 saturated carbocycles. The highest BCUT2D eigenvalue weighted by molar-refractivity contribution is 5.77. The molecule has 1 amide bonds. The Labute approximate surface area is 80.6 Å². The molecule has 2 atom stereocenters. The van der Waals surface area contributed by atoms with Crippen LogP contribution in [0.1, 0.15) is 12.8 Å². The molecule has 0 aromatic heterocycles. The van der Waals surface area contributed by atoms with E-state index in [4.69, 9.17) is 0 Å². The van der Waals surface area contributed by atoms with Crippen LogP contribution in [0.15, 0.2) is 0 Å². The first kappa shape index (κ1) is 12.1. The van der Waals surface area contributed by atoms with E-state index in [1.54, 1.807) is 0 Å². The van der Waals surface area contributed by atoms with E-state index in [9.17, 15) is 31.1 Å². The number of nitrogens with one attached hydrogen (secondary N) is 1. The van der Waals surface area contributed by atoms with E-state index in [0.29, 0.717) is 0 Å². The third-order valence-corrected chi connectivity index (χ3v) is 2.15. The van der Waals surface area contributed by atoms with Crippen LogP contribution in [-0.4, -0.2) is 24.3 Å². The van der Waals surface area contributed by atoms with Crippen molar-refractivity contribution in [2.45, 2.75) is 31.2 Å². The molecule has 1 heterocycles. The number of hydrogen-bond donors (Lipinski definition) is 1. The molecular formula is C7H7F6NO. The second-order valence-electron chi connectivity index (χ2n) is 3.34. The van der Waals surface area contributed by atoms with Crippen LogP contribution >= 0.6 is 0 Å². The normalized spacial score (nSPS) is 28.8. The zero-order valence-corrected chi connectivity index (χ0v) is 7.24. The summed E-state index contributed by atoms with van der Waals surface area (Å²) in [7, 11) is 0. The van der Waals surface area contributed by atoms with E-state index in [0.717, 1.165) is 0 Å². The zero-order chi connectivity index (χ0) is 11.9. The second-order valence-corrected chi connectivity index (χ2v) is 3.34. The highest BCUT2D eigenvalue weighted by atomic mass is 19.4. The average molecular weight is 235 g/mol. The molecular weight excluding hydrogens is 228 g/mol.